The minimum Gasteiger partial charge on any atom is -0.351 e. The minimum atomic E-state index is 0.681. The predicted octanol–water partition coefficient (Wildman–Crippen LogP) is 3.42. The molecule has 18 heavy (non-hydrogen) atoms. The van der Waals surface area contributed by atoms with E-state index in [1.54, 1.807) is 0 Å². The molecule has 2 aliphatic carbocycles. The van der Waals surface area contributed by atoms with Crippen molar-refractivity contribution >= 4 is 0 Å². The van der Waals surface area contributed by atoms with Crippen LogP contribution in [0.2, 0.25) is 0 Å². The van der Waals surface area contributed by atoms with Crippen LogP contribution in [-0.4, -0.2) is 10.6 Å². The Kier molecular flexibility index (Phi) is 3.47. The standard InChI is InChI=1S/C16H26N2/c1-3-18-8-4-5-15(18)11-17-12(2)16-10-13-6-7-14(16)9-13/h4-5,8,12-14,16-17H,3,6-7,9-11H2,1-2H3. The van der Waals surface area contributed by atoms with E-state index in [9.17, 15) is 0 Å². The number of hydrogen-bond donors (Lipinski definition) is 1. The zero-order valence-electron chi connectivity index (χ0n) is 11.7. The quantitative estimate of drug-likeness (QED) is 0.842. The molecule has 100 valence electrons. The third-order valence-corrected chi connectivity index (χ3v) is 5.30. The van der Waals surface area contributed by atoms with Gasteiger partial charge in [-0.15, -0.1) is 0 Å². The fraction of sp³-hybridized carbons (Fsp3) is 0.750. The lowest BCUT2D eigenvalue weighted by molar-refractivity contribution is 0.258. The summed E-state index contributed by atoms with van der Waals surface area (Å²) in [6.07, 6.45) is 8.17. The lowest BCUT2D eigenvalue weighted by Gasteiger charge is -2.28. The summed E-state index contributed by atoms with van der Waals surface area (Å²) in [5.41, 5.74) is 1.42. The van der Waals surface area contributed by atoms with Gasteiger partial charge in [-0.05, 0) is 63.0 Å². The van der Waals surface area contributed by atoms with E-state index >= 15 is 0 Å². The highest BCUT2D eigenvalue weighted by atomic mass is 15.0. The summed E-state index contributed by atoms with van der Waals surface area (Å²) in [6, 6.07) is 5.08. The maximum absolute atomic E-state index is 3.77. The van der Waals surface area contributed by atoms with Crippen LogP contribution in [0.4, 0.5) is 0 Å². The molecule has 1 N–H and O–H groups in total. The van der Waals surface area contributed by atoms with Crippen molar-refractivity contribution in [3.63, 3.8) is 0 Å². The van der Waals surface area contributed by atoms with E-state index in [0.29, 0.717) is 6.04 Å². The van der Waals surface area contributed by atoms with Crippen molar-refractivity contribution in [3.8, 4) is 0 Å². The Morgan fingerprint density at radius 3 is 2.94 bits per heavy atom. The monoisotopic (exact) mass is 246 g/mol. The Morgan fingerprint density at radius 1 is 1.39 bits per heavy atom. The Labute approximate surface area is 111 Å². The molecule has 1 heterocycles. The molecule has 1 aromatic heterocycles. The molecule has 0 spiro atoms. The number of aryl methyl sites for hydroxylation is 1. The first-order valence-corrected chi connectivity index (χ1v) is 7.65. The fourth-order valence-electron chi connectivity index (χ4n) is 4.24. The number of nitrogens with one attached hydrogen (secondary N) is 1. The van der Waals surface area contributed by atoms with Crippen molar-refractivity contribution < 1.29 is 0 Å². The second-order valence-corrected chi connectivity index (χ2v) is 6.29. The third kappa shape index (κ3) is 2.23. The van der Waals surface area contributed by atoms with Gasteiger partial charge in [-0.25, -0.2) is 0 Å². The summed E-state index contributed by atoms with van der Waals surface area (Å²) in [5, 5.41) is 3.77. The van der Waals surface area contributed by atoms with Crippen LogP contribution >= 0.6 is 0 Å². The first-order valence-electron chi connectivity index (χ1n) is 7.65. The van der Waals surface area contributed by atoms with Crippen molar-refractivity contribution in [3.05, 3.63) is 24.0 Å². The average molecular weight is 246 g/mol. The second kappa shape index (κ2) is 5.08. The topological polar surface area (TPSA) is 17.0 Å². The average Bonchev–Trinajstić information content (AvgIpc) is 3.10. The summed E-state index contributed by atoms with van der Waals surface area (Å²) in [4.78, 5) is 0. The van der Waals surface area contributed by atoms with E-state index in [4.69, 9.17) is 0 Å². The van der Waals surface area contributed by atoms with E-state index in [1.807, 2.05) is 0 Å². The van der Waals surface area contributed by atoms with E-state index in [2.05, 4.69) is 42.1 Å². The maximum Gasteiger partial charge on any atom is 0.0361 e. The van der Waals surface area contributed by atoms with Gasteiger partial charge in [0.15, 0.2) is 0 Å². The summed E-state index contributed by atoms with van der Waals surface area (Å²) >= 11 is 0. The molecule has 2 fully saturated rings. The van der Waals surface area contributed by atoms with Gasteiger partial charge in [0.2, 0.25) is 0 Å². The molecule has 0 aliphatic heterocycles. The van der Waals surface area contributed by atoms with E-state index in [0.717, 1.165) is 30.8 Å². The molecule has 2 aliphatic rings. The van der Waals surface area contributed by atoms with Crippen LogP contribution in [0.3, 0.4) is 0 Å². The van der Waals surface area contributed by atoms with Crippen LogP contribution in [0.15, 0.2) is 18.3 Å². The van der Waals surface area contributed by atoms with Crippen molar-refractivity contribution in [2.24, 2.45) is 17.8 Å². The van der Waals surface area contributed by atoms with Crippen LogP contribution in [-0.2, 0) is 13.1 Å². The number of fused-ring (bicyclic) bond motifs is 2. The van der Waals surface area contributed by atoms with Gasteiger partial charge in [0, 0.05) is 31.0 Å². The molecule has 2 bridgehead atoms. The highest BCUT2D eigenvalue weighted by molar-refractivity contribution is 5.07. The summed E-state index contributed by atoms with van der Waals surface area (Å²) in [5.74, 6) is 3.02. The zero-order valence-corrected chi connectivity index (χ0v) is 11.7. The molecule has 1 aromatic rings. The van der Waals surface area contributed by atoms with Crippen molar-refractivity contribution in [1.29, 1.82) is 0 Å². The lowest BCUT2D eigenvalue weighted by atomic mass is 9.84. The second-order valence-electron chi connectivity index (χ2n) is 6.29. The summed E-state index contributed by atoms with van der Waals surface area (Å²) in [7, 11) is 0. The number of hydrogen-bond acceptors (Lipinski definition) is 1. The molecular weight excluding hydrogens is 220 g/mol. The molecule has 3 rings (SSSR count). The highest BCUT2D eigenvalue weighted by Gasteiger charge is 2.41. The molecule has 0 aromatic carbocycles. The van der Waals surface area contributed by atoms with Crippen LogP contribution in [0.25, 0.3) is 0 Å². The third-order valence-electron chi connectivity index (χ3n) is 5.30. The van der Waals surface area contributed by atoms with Gasteiger partial charge in [0.05, 0.1) is 0 Å². The van der Waals surface area contributed by atoms with Crippen molar-refractivity contribution in [2.75, 3.05) is 0 Å². The molecule has 2 nitrogen and oxygen atoms in total. The van der Waals surface area contributed by atoms with Crippen molar-refractivity contribution in [1.82, 2.24) is 9.88 Å². The maximum atomic E-state index is 3.77. The normalized spacial score (nSPS) is 32.0. The van der Waals surface area contributed by atoms with Crippen LogP contribution in [0.1, 0.15) is 45.2 Å². The van der Waals surface area contributed by atoms with Gasteiger partial charge >= 0.3 is 0 Å². The Balaban J connectivity index is 1.54. The summed E-state index contributed by atoms with van der Waals surface area (Å²) < 4.78 is 2.33. The zero-order chi connectivity index (χ0) is 12.5. The first kappa shape index (κ1) is 12.3. The molecular formula is C16H26N2. The van der Waals surface area contributed by atoms with Crippen LogP contribution in [0.5, 0.6) is 0 Å². The number of aromatic nitrogens is 1. The van der Waals surface area contributed by atoms with Gasteiger partial charge in [-0.2, -0.15) is 0 Å². The lowest BCUT2D eigenvalue weighted by Crippen LogP contribution is -2.36. The van der Waals surface area contributed by atoms with Gasteiger partial charge in [0.25, 0.3) is 0 Å². The molecule has 0 amide bonds. The fourth-order valence-corrected chi connectivity index (χ4v) is 4.24. The van der Waals surface area contributed by atoms with E-state index in [1.165, 1.54) is 31.4 Å². The molecule has 4 unspecified atom stereocenters. The molecule has 0 saturated heterocycles. The van der Waals surface area contributed by atoms with Gasteiger partial charge in [-0.1, -0.05) is 6.42 Å². The smallest absolute Gasteiger partial charge is 0.0361 e. The van der Waals surface area contributed by atoms with Crippen LogP contribution < -0.4 is 5.32 Å². The number of nitrogens with zero attached hydrogens (tertiary/aromatic N) is 1. The molecule has 2 heteroatoms. The Hall–Kier alpha value is -0.760. The van der Waals surface area contributed by atoms with Crippen LogP contribution in [0, 0.1) is 17.8 Å². The largest absolute Gasteiger partial charge is 0.351 e. The number of rotatable bonds is 5. The minimum absolute atomic E-state index is 0.681. The predicted molar refractivity (Wildman–Crippen MR) is 75.3 cm³/mol. The molecule has 0 radical (unpaired) electrons. The SMILES string of the molecule is CCn1cccc1CNC(C)C1CC2CCC1C2. The summed E-state index contributed by atoms with van der Waals surface area (Å²) in [6.45, 7) is 6.70. The Morgan fingerprint density at radius 2 is 2.28 bits per heavy atom. The van der Waals surface area contributed by atoms with E-state index in [-0.39, 0.29) is 0 Å². The van der Waals surface area contributed by atoms with Gasteiger partial charge in [-0.3, -0.25) is 0 Å². The highest BCUT2D eigenvalue weighted by Crippen LogP contribution is 2.49. The first-order chi connectivity index (χ1) is 8.78. The van der Waals surface area contributed by atoms with E-state index < -0.39 is 0 Å². The van der Waals surface area contributed by atoms with Crippen molar-refractivity contribution in [2.45, 2.75) is 58.7 Å². The van der Waals surface area contributed by atoms with Gasteiger partial charge < -0.3 is 9.88 Å². The van der Waals surface area contributed by atoms with Gasteiger partial charge in [0.1, 0.15) is 0 Å². The molecule has 4 atom stereocenters. The Bertz CT molecular complexity index is 396. The molecule has 2 saturated carbocycles.